The molecule has 0 amide bonds. The predicted octanol–water partition coefficient (Wildman–Crippen LogP) is 3.51. The first-order chi connectivity index (χ1) is 8.27. The first-order valence-electron chi connectivity index (χ1n) is 4.97. The summed E-state index contributed by atoms with van der Waals surface area (Å²) in [6, 6.07) is 5.56. The molecule has 3 aromatic rings. The van der Waals surface area contributed by atoms with Crippen LogP contribution in [-0.4, -0.2) is 15.8 Å². The van der Waals surface area contributed by atoms with Crippen molar-refractivity contribution in [3.8, 4) is 0 Å². The number of nitrogens with one attached hydrogen (secondary N) is 1. The highest BCUT2D eigenvalue weighted by molar-refractivity contribution is 7.18. The standard InChI is InChI=1S/C12H7ClN2OS/c13-9-3-1-2-7-8(6-17-11(7)9)10(16)12-14-4-5-15-12/h1-6H,(H,14,15). The van der Waals surface area contributed by atoms with E-state index >= 15 is 0 Å². The first kappa shape index (κ1) is 10.5. The van der Waals surface area contributed by atoms with Crippen molar-refractivity contribution in [1.82, 2.24) is 9.97 Å². The number of carbonyl (C=O) groups is 1. The lowest BCUT2D eigenvalue weighted by molar-refractivity contribution is 0.103. The zero-order valence-electron chi connectivity index (χ0n) is 8.61. The number of ketones is 1. The van der Waals surface area contributed by atoms with Gasteiger partial charge in [0.1, 0.15) is 0 Å². The summed E-state index contributed by atoms with van der Waals surface area (Å²) in [4.78, 5) is 18.9. The van der Waals surface area contributed by atoms with E-state index in [-0.39, 0.29) is 5.78 Å². The van der Waals surface area contributed by atoms with Crippen LogP contribution < -0.4 is 0 Å². The van der Waals surface area contributed by atoms with E-state index in [9.17, 15) is 4.79 Å². The minimum absolute atomic E-state index is 0.108. The monoisotopic (exact) mass is 262 g/mol. The molecule has 2 heterocycles. The van der Waals surface area contributed by atoms with E-state index in [1.54, 1.807) is 12.4 Å². The van der Waals surface area contributed by atoms with Crippen LogP contribution in [0.25, 0.3) is 10.1 Å². The van der Waals surface area contributed by atoms with Gasteiger partial charge in [0.25, 0.3) is 0 Å². The van der Waals surface area contributed by atoms with Gasteiger partial charge < -0.3 is 4.98 Å². The summed E-state index contributed by atoms with van der Waals surface area (Å²) in [6.45, 7) is 0. The van der Waals surface area contributed by atoms with E-state index in [4.69, 9.17) is 11.6 Å². The number of halogens is 1. The molecule has 0 aliphatic heterocycles. The van der Waals surface area contributed by atoms with Crippen molar-refractivity contribution in [1.29, 1.82) is 0 Å². The second-order valence-electron chi connectivity index (χ2n) is 3.53. The Bertz CT molecular complexity index is 688. The average Bonchev–Trinajstić information content (AvgIpc) is 2.98. The minimum Gasteiger partial charge on any atom is -0.342 e. The van der Waals surface area contributed by atoms with Crippen LogP contribution in [0.3, 0.4) is 0 Å². The van der Waals surface area contributed by atoms with Crippen LogP contribution in [0.15, 0.2) is 36.0 Å². The van der Waals surface area contributed by atoms with E-state index in [0.29, 0.717) is 16.4 Å². The highest BCUT2D eigenvalue weighted by Gasteiger charge is 2.16. The van der Waals surface area contributed by atoms with Gasteiger partial charge in [0.2, 0.25) is 5.78 Å². The molecule has 0 saturated heterocycles. The summed E-state index contributed by atoms with van der Waals surface area (Å²) in [6.07, 6.45) is 3.20. The Kier molecular flexibility index (Phi) is 2.46. The van der Waals surface area contributed by atoms with E-state index in [1.807, 2.05) is 23.6 Å². The van der Waals surface area contributed by atoms with Crippen LogP contribution in [0, 0.1) is 0 Å². The number of hydrogen-bond donors (Lipinski definition) is 1. The maximum absolute atomic E-state index is 12.2. The maximum atomic E-state index is 12.2. The lowest BCUT2D eigenvalue weighted by Gasteiger charge is -1.96. The van der Waals surface area contributed by atoms with Gasteiger partial charge in [0, 0.05) is 28.7 Å². The highest BCUT2D eigenvalue weighted by atomic mass is 35.5. The molecule has 0 saturated carbocycles. The second-order valence-corrected chi connectivity index (χ2v) is 4.82. The molecular weight excluding hydrogens is 256 g/mol. The molecule has 3 rings (SSSR count). The molecule has 0 atom stereocenters. The van der Waals surface area contributed by atoms with Gasteiger partial charge in [0.15, 0.2) is 5.82 Å². The second kappa shape index (κ2) is 3.98. The third-order valence-corrected chi connectivity index (χ3v) is 3.97. The maximum Gasteiger partial charge on any atom is 0.229 e. The third-order valence-electron chi connectivity index (χ3n) is 2.51. The van der Waals surface area contributed by atoms with E-state index in [0.717, 1.165) is 10.1 Å². The smallest absolute Gasteiger partial charge is 0.229 e. The third kappa shape index (κ3) is 1.66. The SMILES string of the molecule is O=C(c1ncc[nH]1)c1csc2c(Cl)cccc12. The number of benzene rings is 1. The Morgan fingerprint density at radius 2 is 2.29 bits per heavy atom. The van der Waals surface area contributed by atoms with Crippen molar-refractivity contribution in [2.45, 2.75) is 0 Å². The Morgan fingerprint density at radius 3 is 3.06 bits per heavy atom. The summed E-state index contributed by atoms with van der Waals surface area (Å²) in [5, 5.41) is 3.37. The summed E-state index contributed by atoms with van der Waals surface area (Å²) >= 11 is 7.55. The number of fused-ring (bicyclic) bond motifs is 1. The number of carbonyl (C=O) groups excluding carboxylic acids is 1. The van der Waals surface area contributed by atoms with E-state index in [1.165, 1.54) is 11.3 Å². The number of imidazole rings is 1. The van der Waals surface area contributed by atoms with Crippen molar-refractivity contribution in [3.05, 3.63) is 52.4 Å². The van der Waals surface area contributed by atoms with Crippen molar-refractivity contribution in [2.75, 3.05) is 0 Å². The summed E-state index contributed by atoms with van der Waals surface area (Å²) in [5.74, 6) is 0.244. The summed E-state index contributed by atoms with van der Waals surface area (Å²) in [5.41, 5.74) is 0.641. The fourth-order valence-electron chi connectivity index (χ4n) is 1.71. The number of rotatable bonds is 2. The topological polar surface area (TPSA) is 45.8 Å². The number of H-pyrrole nitrogens is 1. The molecule has 0 aliphatic carbocycles. The number of thiophene rings is 1. The normalized spacial score (nSPS) is 10.9. The molecule has 2 aromatic heterocycles. The molecule has 1 N–H and O–H groups in total. The lowest BCUT2D eigenvalue weighted by atomic mass is 10.1. The molecule has 17 heavy (non-hydrogen) atoms. The van der Waals surface area contributed by atoms with Crippen LogP contribution >= 0.6 is 22.9 Å². The van der Waals surface area contributed by atoms with Gasteiger partial charge in [-0.25, -0.2) is 4.98 Å². The molecule has 5 heteroatoms. The molecule has 0 fully saturated rings. The Hall–Kier alpha value is -1.65. The zero-order chi connectivity index (χ0) is 11.8. The van der Waals surface area contributed by atoms with Crippen LogP contribution in [0.2, 0.25) is 5.02 Å². The number of hydrogen-bond acceptors (Lipinski definition) is 3. The number of nitrogens with zero attached hydrogens (tertiary/aromatic N) is 1. The molecule has 1 aromatic carbocycles. The van der Waals surface area contributed by atoms with Gasteiger partial charge in [-0.1, -0.05) is 23.7 Å². The van der Waals surface area contributed by atoms with Crippen LogP contribution in [0.1, 0.15) is 16.2 Å². The fourth-order valence-corrected chi connectivity index (χ4v) is 2.98. The van der Waals surface area contributed by atoms with Gasteiger partial charge in [0.05, 0.1) is 9.72 Å². The fraction of sp³-hybridized carbons (Fsp3) is 0. The molecule has 3 nitrogen and oxygen atoms in total. The first-order valence-corrected chi connectivity index (χ1v) is 6.23. The molecule has 0 spiro atoms. The zero-order valence-corrected chi connectivity index (χ0v) is 10.2. The molecule has 0 aliphatic rings. The highest BCUT2D eigenvalue weighted by Crippen LogP contribution is 2.32. The van der Waals surface area contributed by atoms with E-state index in [2.05, 4.69) is 9.97 Å². The van der Waals surface area contributed by atoms with Crippen LogP contribution in [0.4, 0.5) is 0 Å². The molecule has 0 unspecified atom stereocenters. The van der Waals surface area contributed by atoms with Crippen LogP contribution in [-0.2, 0) is 0 Å². The Morgan fingerprint density at radius 1 is 1.41 bits per heavy atom. The minimum atomic E-state index is -0.108. The van der Waals surface area contributed by atoms with Gasteiger partial charge >= 0.3 is 0 Å². The van der Waals surface area contributed by atoms with Gasteiger partial charge in [-0.15, -0.1) is 11.3 Å². The van der Waals surface area contributed by atoms with Crippen molar-refractivity contribution < 1.29 is 4.79 Å². The van der Waals surface area contributed by atoms with Crippen molar-refractivity contribution in [3.63, 3.8) is 0 Å². The summed E-state index contributed by atoms with van der Waals surface area (Å²) in [7, 11) is 0. The summed E-state index contributed by atoms with van der Waals surface area (Å²) < 4.78 is 0.934. The van der Waals surface area contributed by atoms with Gasteiger partial charge in [-0.2, -0.15) is 0 Å². The quantitative estimate of drug-likeness (QED) is 0.719. The van der Waals surface area contributed by atoms with Crippen molar-refractivity contribution in [2.24, 2.45) is 0 Å². The lowest BCUT2D eigenvalue weighted by Crippen LogP contribution is -2.02. The predicted molar refractivity (Wildman–Crippen MR) is 68.9 cm³/mol. The Labute approximate surface area is 106 Å². The Balaban J connectivity index is 2.19. The molecular formula is C12H7ClN2OS. The molecule has 0 bridgehead atoms. The number of aromatic amines is 1. The van der Waals surface area contributed by atoms with E-state index < -0.39 is 0 Å². The van der Waals surface area contributed by atoms with Crippen LogP contribution in [0.5, 0.6) is 0 Å². The average molecular weight is 263 g/mol. The molecule has 0 radical (unpaired) electrons. The van der Waals surface area contributed by atoms with Gasteiger partial charge in [-0.05, 0) is 6.07 Å². The van der Waals surface area contributed by atoms with Crippen molar-refractivity contribution >= 4 is 38.8 Å². The molecule has 84 valence electrons. The van der Waals surface area contributed by atoms with Gasteiger partial charge in [-0.3, -0.25) is 4.79 Å². The largest absolute Gasteiger partial charge is 0.342 e. The number of aromatic nitrogens is 2.